The van der Waals surface area contributed by atoms with Crippen LogP contribution in [0.25, 0.3) is 0 Å². The SMILES string of the molecule is COc1cccc(C(=O)O)c1C#CCCO. The minimum atomic E-state index is -1.05. The van der Waals surface area contributed by atoms with Crippen molar-refractivity contribution in [2.24, 2.45) is 0 Å². The predicted octanol–water partition coefficient (Wildman–Crippen LogP) is 1.13. The highest BCUT2D eigenvalue weighted by Crippen LogP contribution is 2.21. The molecule has 1 aromatic carbocycles. The van der Waals surface area contributed by atoms with Gasteiger partial charge in [0.1, 0.15) is 5.75 Å². The summed E-state index contributed by atoms with van der Waals surface area (Å²) in [5.41, 5.74) is 0.440. The highest BCUT2D eigenvalue weighted by molar-refractivity contribution is 5.91. The molecule has 2 N–H and O–H groups in total. The van der Waals surface area contributed by atoms with E-state index in [0.717, 1.165) is 0 Å². The van der Waals surface area contributed by atoms with Crippen molar-refractivity contribution >= 4 is 5.97 Å². The lowest BCUT2D eigenvalue weighted by atomic mass is 10.1. The van der Waals surface area contributed by atoms with Crippen LogP contribution >= 0.6 is 0 Å². The molecule has 4 heteroatoms. The van der Waals surface area contributed by atoms with E-state index in [1.54, 1.807) is 12.1 Å². The van der Waals surface area contributed by atoms with Crippen LogP contribution < -0.4 is 4.74 Å². The van der Waals surface area contributed by atoms with Crippen molar-refractivity contribution in [2.75, 3.05) is 13.7 Å². The number of hydrogen-bond acceptors (Lipinski definition) is 3. The first kappa shape index (κ1) is 12.1. The highest BCUT2D eigenvalue weighted by Gasteiger charge is 2.12. The maximum atomic E-state index is 10.9. The van der Waals surface area contributed by atoms with Crippen LogP contribution in [0.3, 0.4) is 0 Å². The van der Waals surface area contributed by atoms with Gasteiger partial charge >= 0.3 is 5.97 Å². The zero-order valence-electron chi connectivity index (χ0n) is 8.86. The van der Waals surface area contributed by atoms with E-state index in [0.29, 0.717) is 17.7 Å². The van der Waals surface area contributed by atoms with Crippen molar-refractivity contribution in [3.05, 3.63) is 29.3 Å². The molecule has 0 saturated carbocycles. The number of carboxylic acids is 1. The van der Waals surface area contributed by atoms with Gasteiger partial charge in [-0.2, -0.15) is 0 Å². The molecule has 84 valence electrons. The summed E-state index contributed by atoms with van der Waals surface area (Å²) in [5.74, 6) is 4.75. The Morgan fingerprint density at radius 3 is 2.81 bits per heavy atom. The van der Waals surface area contributed by atoms with E-state index in [2.05, 4.69) is 11.8 Å². The van der Waals surface area contributed by atoms with Gasteiger partial charge in [0.05, 0.1) is 24.8 Å². The first-order valence-corrected chi connectivity index (χ1v) is 4.70. The molecule has 0 fully saturated rings. The number of benzene rings is 1. The monoisotopic (exact) mass is 220 g/mol. The summed E-state index contributed by atoms with van der Waals surface area (Å²) >= 11 is 0. The van der Waals surface area contributed by atoms with E-state index < -0.39 is 5.97 Å². The summed E-state index contributed by atoms with van der Waals surface area (Å²) in [6.45, 7) is -0.0510. The van der Waals surface area contributed by atoms with Crippen LogP contribution in [0.15, 0.2) is 18.2 Å². The Bertz CT molecular complexity index is 440. The largest absolute Gasteiger partial charge is 0.495 e. The second-order valence-corrected chi connectivity index (χ2v) is 2.96. The molecule has 0 bridgehead atoms. The van der Waals surface area contributed by atoms with Crippen molar-refractivity contribution < 1.29 is 19.7 Å². The third-order valence-corrected chi connectivity index (χ3v) is 1.93. The van der Waals surface area contributed by atoms with Gasteiger partial charge in [-0.25, -0.2) is 4.79 Å². The van der Waals surface area contributed by atoms with Gasteiger partial charge in [0.25, 0.3) is 0 Å². The van der Waals surface area contributed by atoms with Crippen molar-refractivity contribution in [3.63, 3.8) is 0 Å². The molecule has 0 spiro atoms. The molecule has 16 heavy (non-hydrogen) atoms. The molecule has 0 unspecified atom stereocenters. The van der Waals surface area contributed by atoms with Crippen LogP contribution in [0, 0.1) is 11.8 Å². The van der Waals surface area contributed by atoms with E-state index in [9.17, 15) is 4.79 Å². The van der Waals surface area contributed by atoms with E-state index in [-0.39, 0.29) is 12.2 Å². The minimum Gasteiger partial charge on any atom is -0.495 e. The number of aliphatic hydroxyl groups is 1. The predicted molar refractivity (Wildman–Crippen MR) is 58.5 cm³/mol. The number of rotatable bonds is 3. The molecule has 0 aliphatic heterocycles. The molecule has 0 saturated heterocycles. The maximum Gasteiger partial charge on any atom is 0.337 e. The lowest BCUT2D eigenvalue weighted by Gasteiger charge is -2.05. The van der Waals surface area contributed by atoms with E-state index in [4.69, 9.17) is 14.9 Å². The number of aromatic carboxylic acids is 1. The van der Waals surface area contributed by atoms with Crippen LogP contribution in [0.4, 0.5) is 0 Å². The van der Waals surface area contributed by atoms with Crippen LogP contribution in [-0.4, -0.2) is 29.9 Å². The van der Waals surface area contributed by atoms with Gasteiger partial charge in [-0.15, -0.1) is 0 Å². The second kappa shape index (κ2) is 5.79. The standard InChI is InChI=1S/C12H12O4/c1-16-11-7-4-6-10(12(14)15)9(11)5-2-3-8-13/h4,6-7,13H,3,8H2,1H3,(H,14,15). The Kier molecular flexibility index (Phi) is 4.37. The van der Waals surface area contributed by atoms with Crippen LogP contribution in [0.5, 0.6) is 5.75 Å². The molecular weight excluding hydrogens is 208 g/mol. The first-order chi connectivity index (χ1) is 7.70. The van der Waals surface area contributed by atoms with Crippen molar-refractivity contribution in [1.82, 2.24) is 0 Å². The Hall–Kier alpha value is -1.99. The summed E-state index contributed by atoms with van der Waals surface area (Å²) in [5, 5.41) is 17.6. The number of carbonyl (C=O) groups is 1. The lowest BCUT2D eigenvalue weighted by Crippen LogP contribution is -2.02. The van der Waals surface area contributed by atoms with Gasteiger partial charge in [0.15, 0.2) is 0 Å². The normalized spacial score (nSPS) is 9.12. The minimum absolute atomic E-state index is 0.0510. The van der Waals surface area contributed by atoms with Gasteiger partial charge in [-0.05, 0) is 12.1 Å². The molecule has 4 nitrogen and oxygen atoms in total. The molecule has 0 amide bonds. The average Bonchev–Trinajstić information content (AvgIpc) is 2.29. The smallest absolute Gasteiger partial charge is 0.337 e. The summed E-state index contributed by atoms with van der Waals surface area (Å²) in [4.78, 5) is 10.9. The molecule has 1 rings (SSSR count). The molecular formula is C12H12O4. The number of aliphatic hydroxyl groups excluding tert-OH is 1. The third kappa shape index (κ3) is 2.75. The lowest BCUT2D eigenvalue weighted by molar-refractivity contribution is 0.0696. The summed E-state index contributed by atoms with van der Waals surface area (Å²) in [6.07, 6.45) is 0.303. The second-order valence-electron chi connectivity index (χ2n) is 2.96. The van der Waals surface area contributed by atoms with E-state index >= 15 is 0 Å². The fourth-order valence-corrected chi connectivity index (χ4v) is 1.22. The Balaban J connectivity index is 3.21. The van der Waals surface area contributed by atoms with Crippen LogP contribution in [0.1, 0.15) is 22.3 Å². The topological polar surface area (TPSA) is 66.8 Å². The molecule has 0 atom stereocenters. The summed E-state index contributed by atoms with van der Waals surface area (Å²) in [7, 11) is 1.46. The molecule has 0 aliphatic carbocycles. The summed E-state index contributed by atoms with van der Waals surface area (Å²) < 4.78 is 5.04. The Morgan fingerprint density at radius 2 is 2.25 bits per heavy atom. The summed E-state index contributed by atoms with van der Waals surface area (Å²) in [6, 6.07) is 4.71. The van der Waals surface area contributed by atoms with Gasteiger partial charge in [0, 0.05) is 6.42 Å². The molecule has 0 radical (unpaired) electrons. The number of ether oxygens (including phenoxy) is 1. The van der Waals surface area contributed by atoms with Gasteiger partial charge in [0.2, 0.25) is 0 Å². The maximum absolute atomic E-state index is 10.9. The number of carboxylic acid groups (broad SMARTS) is 1. The van der Waals surface area contributed by atoms with E-state index in [1.165, 1.54) is 13.2 Å². The fourth-order valence-electron chi connectivity index (χ4n) is 1.22. The van der Waals surface area contributed by atoms with Gasteiger partial charge in [-0.3, -0.25) is 0 Å². The Morgan fingerprint density at radius 1 is 1.50 bits per heavy atom. The Labute approximate surface area is 93.5 Å². The average molecular weight is 220 g/mol. The van der Waals surface area contributed by atoms with E-state index in [1.807, 2.05) is 0 Å². The number of hydrogen-bond donors (Lipinski definition) is 2. The zero-order valence-corrected chi connectivity index (χ0v) is 8.86. The molecule has 1 aromatic rings. The van der Waals surface area contributed by atoms with Crippen LogP contribution in [0.2, 0.25) is 0 Å². The molecule has 0 heterocycles. The number of methoxy groups -OCH3 is 1. The molecule has 0 aliphatic rings. The fraction of sp³-hybridized carbons (Fsp3) is 0.250. The van der Waals surface area contributed by atoms with Crippen LogP contribution in [-0.2, 0) is 0 Å². The van der Waals surface area contributed by atoms with Gasteiger partial charge in [-0.1, -0.05) is 17.9 Å². The third-order valence-electron chi connectivity index (χ3n) is 1.93. The van der Waals surface area contributed by atoms with Crippen molar-refractivity contribution in [2.45, 2.75) is 6.42 Å². The molecule has 0 aromatic heterocycles. The zero-order chi connectivity index (χ0) is 12.0. The first-order valence-electron chi connectivity index (χ1n) is 4.70. The quantitative estimate of drug-likeness (QED) is 0.749. The van der Waals surface area contributed by atoms with Crippen molar-refractivity contribution in [3.8, 4) is 17.6 Å². The van der Waals surface area contributed by atoms with Crippen molar-refractivity contribution in [1.29, 1.82) is 0 Å². The highest BCUT2D eigenvalue weighted by atomic mass is 16.5. The van der Waals surface area contributed by atoms with Gasteiger partial charge < -0.3 is 14.9 Å².